The minimum Gasteiger partial charge on any atom is -0.330 e. The molecular formula is C12H16N2S2. The maximum absolute atomic E-state index is 5.74. The van der Waals surface area contributed by atoms with Crippen molar-refractivity contribution in [2.24, 2.45) is 5.73 Å². The Morgan fingerprint density at radius 2 is 2.25 bits per heavy atom. The van der Waals surface area contributed by atoms with E-state index in [9.17, 15) is 0 Å². The van der Waals surface area contributed by atoms with E-state index in [0.29, 0.717) is 12.5 Å². The number of aromatic nitrogens is 1. The highest BCUT2D eigenvalue weighted by molar-refractivity contribution is 7.20. The number of thiophene rings is 1. The molecule has 0 saturated carbocycles. The Kier molecular flexibility index (Phi) is 3.74. The lowest BCUT2D eigenvalue weighted by molar-refractivity contribution is 0.659. The van der Waals surface area contributed by atoms with Crippen molar-refractivity contribution in [3.05, 3.63) is 28.1 Å². The maximum Gasteiger partial charge on any atom is 0.133 e. The van der Waals surface area contributed by atoms with Crippen LogP contribution in [-0.4, -0.2) is 11.5 Å². The van der Waals surface area contributed by atoms with E-state index < -0.39 is 0 Å². The molecule has 0 aromatic carbocycles. The summed E-state index contributed by atoms with van der Waals surface area (Å²) in [7, 11) is 0. The largest absolute Gasteiger partial charge is 0.330 e. The number of thiazole rings is 1. The zero-order valence-corrected chi connectivity index (χ0v) is 11.2. The smallest absolute Gasteiger partial charge is 0.133 e. The number of hydrogen-bond acceptors (Lipinski definition) is 4. The summed E-state index contributed by atoms with van der Waals surface area (Å²) in [4.78, 5) is 6.00. The summed E-state index contributed by atoms with van der Waals surface area (Å²) in [6.07, 6.45) is 1.06. The molecule has 2 heterocycles. The van der Waals surface area contributed by atoms with Gasteiger partial charge in [-0.15, -0.1) is 22.7 Å². The summed E-state index contributed by atoms with van der Waals surface area (Å²) in [5, 5.41) is 5.40. The molecule has 0 aliphatic carbocycles. The van der Waals surface area contributed by atoms with Gasteiger partial charge in [0.05, 0.1) is 10.6 Å². The molecule has 2 N–H and O–H groups in total. The van der Waals surface area contributed by atoms with Gasteiger partial charge >= 0.3 is 0 Å². The lowest BCUT2D eigenvalue weighted by atomic mass is 10.0. The van der Waals surface area contributed by atoms with Crippen LogP contribution in [0.3, 0.4) is 0 Å². The molecule has 0 saturated heterocycles. The van der Waals surface area contributed by atoms with Gasteiger partial charge < -0.3 is 5.73 Å². The van der Waals surface area contributed by atoms with E-state index in [0.717, 1.165) is 17.1 Å². The molecule has 2 aromatic rings. The highest BCUT2D eigenvalue weighted by atomic mass is 32.1. The van der Waals surface area contributed by atoms with Gasteiger partial charge in [-0.3, -0.25) is 0 Å². The Hall–Kier alpha value is -0.710. The van der Waals surface area contributed by atoms with Crippen LogP contribution < -0.4 is 5.73 Å². The molecule has 0 aliphatic rings. The van der Waals surface area contributed by atoms with Crippen molar-refractivity contribution in [1.29, 1.82) is 0 Å². The normalized spacial score (nSPS) is 12.9. The average Bonchev–Trinajstić information content (AvgIpc) is 2.89. The molecule has 2 rings (SSSR count). The number of aryl methyl sites for hydroxylation is 1. The molecule has 4 heteroatoms. The minimum absolute atomic E-state index is 0.408. The Balaban J connectivity index is 2.29. The number of hydrogen-bond donors (Lipinski definition) is 1. The molecular weight excluding hydrogens is 236 g/mol. The molecule has 1 unspecified atom stereocenters. The van der Waals surface area contributed by atoms with Crippen LogP contribution in [0, 0.1) is 6.92 Å². The molecule has 0 bridgehead atoms. The molecule has 86 valence electrons. The summed E-state index contributed by atoms with van der Waals surface area (Å²) in [5.74, 6) is 0.408. The van der Waals surface area contributed by atoms with Crippen LogP contribution in [0.1, 0.15) is 30.5 Å². The summed E-state index contributed by atoms with van der Waals surface area (Å²) >= 11 is 3.48. The van der Waals surface area contributed by atoms with Gasteiger partial charge in [-0.2, -0.15) is 0 Å². The van der Waals surface area contributed by atoms with E-state index in [1.165, 1.54) is 10.4 Å². The molecule has 16 heavy (non-hydrogen) atoms. The fourth-order valence-corrected chi connectivity index (χ4v) is 3.67. The van der Waals surface area contributed by atoms with E-state index in [-0.39, 0.29) is 0 Å². The standard InChI is InChI=1S/C12H16N2S2/c1-3-9(6-13)10-7-16-12(14-10)11-8(2)4-5-15-11/h4-5,7,9H,3,6,13H2,1-2H3. The van der Waals surface area contributed by atoms with Gasteiger partial charge in [-0.1, -0.05) is 6.92 Å². The fourth-order valence-electron chi connectivity index (χ4n) is 1.67. The Bertz CT molecular complexity index is 455. The van der Waals surface area contributed by atoms with Crippen LogP contribution >= 0.6 is 22.7 Å². The minimum atomic E-state index is 0.408. The summed E-state index contributed by atoms with van der Waals surface area (Å²) in [6.45, 7) is 4.98. The van der Waals surface area contributed by atoms with E-state index in [1.54, 1.807) is 22.7 Å². The van der Waals surface area contributed by atoms with E-state index >= 15 is 0 Å². The van der Waals surface area contributed by atoms with Gasteiger partial charge in [-0.05, 0) is 30.4 Å². The van der Waals surface area contributed by atoms with Crippen LogP contribution in [0.2, 0.25) is 0 Å². The third-order valence-corrected chi connectivity index (χ3v) is 4.80. The zero-order valence-electron chi connectivity index (χ0n) is 9.56. The van der Waals surface area contributed by atoms with Crippen LogP contribution in [0.4, 0.5) is 0 Å². The highest BCUT2D eigenvalue weighted by Crippen LogP contribution is 2.33. The monoisotopic (exact) mass is 252 g/mol. The Labute approximate surface area is 104 Å². The molecule has 0 aliphatic heterocycles. The number of rotatable bonds is 4. The van der Waals surface area contributed by atoms with Crippen molar-refractivity contribution < 1.29 is 0 Å². The summed E-state index contributed by atoms with van der Waals surface area (Å²) in [5.41, 5.74) is 8.20. The van der Waals surface area contributed by atoms with Gasteiger partial charge in [0.2, 0.25) is 0 Å². The van der Waals surface area contributed by atoms with E-state index in [2.05, 4.69) is 30.7 Å². The van der Waals surface area contributed by atoms with Crippen LogP contribution in [0.25, 0.3) is 9.88 Å². The molecule has 0 amide bonds. The summed E-state index contributed by atoms with van der Waals surface area (Å²) in [6, 6.07) is 2.14. The second-order valence-electron chi connectivity index (χ2n) is 3.85. The topological polar surface area (TPSA) is 38.9 Å². The van der Waals surface area contributed by atoms with Gasteiger partial charge in [0.25, 0.3) is 0 Å². The molecule has 2 aromatic heterocycles. The van der Waals surface area contributed by atoms with Gasteiger partial charge in [-0.25, -0.2) is 4.98 Å². The maximum atomic E-state index is 5.74. The van der Waals surface area contributed by atoms with Crippen LogP contribution in [0.5, 0.6) is 0 Å². The highest BCUT2D eigenvalue weighted by Gasteiger charge is 2.13. The first-order valence-electron chi connectivity index (χ1n) is 5.46. The Morgan fingerprint density at radius 1 is 1.44 bits per heavy atom. The van der Waals surface area contributed by atoms with E-state index in [1.807, 2.05) is 0 Å². The van der Waals surface area contributed by atoms with Gasteiger partial charge in [0.1, 0.15) is 5.01 Å². The zero-order chi connectivity index (χ0) is 11.5. The Morgan fingerprint density at radius 3 is 2.81 bits per heavy atom. The summed E-state index contributed by atoms with van der Waals surface area (Å²) < 4.78 is 0. The quantitative estimate of drug-likeness (QED) is 0.902. The predicted octanol–water partition coefficient (Wildman–Crippen LogP) is 3.63. The fraction of sp³-hybridized carbons (Fsp3) is 0.417. The van der Waals surface area contributed by atoms with Crippen molar-refractivity contribution >= 4 is 22.7 Å². The van der Waals surface area contributed by atoms with Crippen molar-refractivity contribution in [1.82, 2.24) is 4.98 Å². The van der Waals surface area contributed by atoms with Crippen molar-refractivity contribution in [3.63, 3.8) is 0 Å². The third-order valence-electron chi connectivity index (χ3n) is 2.77. The van der Waals surface area contributed by atoms with Gasteiger partial charge in [0.15, 0.2) is 0 Å². The van der Waals surface area contributed by atoms with Gasteiger partial charge in [0, 0.05) is 17.8 Å². The van der Waals surface area contributed by atoms with E-state index in [4.69, 9.17) is 10.7 Å². The lowest BCUT2D eigenvalue weighted by Gasteiger charge is -2.07. The SMILES string of the molecule is CCC(CN)c1csc(-c2sccc2C)n1. The van der Waals surface area contributed by atoms with Crippen molar-refractivity contribution in [2.45, 2.75) is 26.2 Å². The third kappa shape index (κ3) is 2.19. The molecule has 0 radical (unpaired) electrons. The van der Waals surface area contributed by atoms with Crippen molar-refractivity contribution in [3.8, 4) is 9.88 Å². The molecule has 2 nitrogen and oxygen atoms in total. The van der Waals surface area contributed by atoms with Crippen LogP contribution in [0.15, 0.2) is 16.8 Å². The number of nitrogens with two attached hydrogens (primary N) is 1. The first-order chi connectivity index (χ1) is 7.76. The first-order valence-corrected chi connectivity index (χ1v) is 7.22. The second kappa shape index (κ2) is 5.08. The number of nitrogens with zero attached hydrogens (tertiary/aromatic N) is 1. The molecule has 1 atom stereocenters. The predicted molar refractivity (Wildman–Crippen MR) is 72.3 cm³/mol. The lowest BCUT2D eigenvalue weighted by Crippen LogP contribution is -2.11. The molecule has 0 spiro atoms. The second-order valence-corrected chi connectivity index (χ2v) is 5.63. The van der Waals surface area contributed by atoms with Crippen LogP contribution in [-0.2, 0) is 0 Å². The first kappa shape index (κ1) is 11.8. The molecule has 0 fully saturated rings. The average molecular weight is 252 g/mol. The van der Waals surface area contributed by atoms with Crippen molar-refractivity contribution in [2.75, 3.05) is 6.54 Å².